The SMILES string of the molecule is CCOC(=O)C1CCCN(c2ccc(NC(=O)CCCN)cn2)C1. The van der Waals surface area contributed by atoms with Gasteiger partial charge in [0.05, 0.1) is 24.4 Å². The highest BCUT2D eigenvalue weighted by Gasteiger charge is 2.27. The Kier molecular flexibility index (Phi) is 6.99. The molecule has 1 aromatic heterocycles. The number of piperidine rings is 1. The molecule has 1 aliphatic rings. The van der Waals surface area contributed by atoms with Crippen LogP contribution in [-0.2, 0) is 14.3 Å². The summed E-state index contributed by atoms with van der Waals surface area (Å²) >= 11 is 0. The topological polar surface area (TPSA) is 97.5 Å². The number of carbonyl (C=O) groups is 2. The van der Waals surface area contributed by atoms with Crippen LogP contribution >= 0.6 is 0 Å². The minimum atomic E-state index is -0.133. The fourth-order valence-electron chi connectivity index (χ4n) is 2.77. The molecule has 1 fully saturated rings. The number of rotatable bonds is 7. The molecule has 1 amide bonds. The van der Waals surface area contributed by atoms with E-state index in [-0.39, 0.29) is 17.8 Å². The first kappa shape index (κ1) is 18.2. The summed E-state index contributed by atoms with van der Waals surface area (Å²) in [5.41, 5.74) is 6.06. The van der Waals surface area contributed by atoms with Gasteiger partial charge in [0.15, 0.2) is 0 Å². The molecule has 1 unspecified atom stereocenters. The Morgan fingerprint density at radius 2 is 2.29 bits per heavy atom. The van der Waals surface area contributed by atoms with E-state index >= 15 is 0 Å². The second kappa shape index (κ2) is 9.22. The number of aromatic nitrogens is 1. The van der Waals surface area contributed by atoms with E-state index in [2.05, 4.69) is 15.2 Å². The summed E-state index contributed by atoms with van der Waals surface area (Å²) in [7, 11) is 0. The van der Waals surface area contributed by atoms with Crippen LogP contribution in [0.5, 0.6) is 0 Å². The number of nitrogens with two attached hydrogens (primary N) is 1. The molecule has 1 aromatic rings. The van der Waals surface area contributed by atoms with Gasteiger partial charge in [0.25, 0.3) is 0 Å². The number of esters is 1. The van der Waals surface area contributed by atoms with Crippen LogP contribution < -0.4 is 16.0 Å². The zero-order valence-corrected chi connectivity index (χ0v) is 14.2. The molecular formula is C17H26N4O3. The smallest absolute Gasteiger partial charge is 0.310 e. The first-order valence-corrected chi connectivity index (χ1v) is 8.51. The lowest BCUT2D eigenvalue weighted by Crippen LogP contribution is -2.39. The first-order chi connectivity index (χ1) is 11.6. The average Bonchev–Trinajstić information content (AvgIpc) is 2.61. The van der Waals surface area contributed by atoms with Gasteiger partial charge in [0, 0.05) is 19.5 Å². The average molecular weight is 334 g/mol. The van der Waals surface area contributed by atoms with Crippen LogP contribution in [0.3, 0.4) is 0 Å². The molecule has 0 aliphatic carbocycles. The molecule has 2 rings (SSSR count). The van der Waals surface area contributed by atoms with Crippen LogP contribution in [0.25, 0.3) is 0 Å². The van der Waals surface area contributed by atoms with Crippen molar-refractivity contribution in [2.24, 2.45) is 11.7 Å². The lowest BCUT2D eigenvalue weighted by atomic mass is 9.98. The minimum absolute atomic E-state index is 0.0599. The molecule has 1 aliphatic heterocycles. The fourth-order valence-corrected chi connectivity index (χ4v) is 2.77. The summed E-state index contributed by atoms with van der Waals surface area (Å²) in [6, 6.07) is 3.70. The van der Waals surface area contributed by atoms with Crippen molar-refractivity contribution >= 4 is 23.4 Å². The molecule has 3 N–H and O–H groups in total. The summed E-state index contributed by atoms with van der Waals surface area (Å²) in [5.74, 6) is 0.515. The molecular weight excluding hydrogens is 308 g/mol. The second-order valence-corrected chi connectivity index (χ2v) is 5.88. The summed E-state index contributed by atoms with van der Waals surface area (Å²) in [5, 5.41) is 2.80. The normalized spacial score (nSPS) is 17.4. The van der Waals surface area contributed by atoms with E-state index in [1.165, 1.54) is 0 Å². The maximum absolute atomic E-state index is 11.9. The monoisotopic (exact) mass is 334 g/mol. The predicted octanol–water partition coefficient (Wildman–Crippen LogP) is 1.54. The van der Waals surface area contributed by atoms with E-state index in [4.69, 9.17) is 10.5 Å². The van der Waals surface area contributed by atoms with Crippen LogP contribution in [0.2, 0.25) is 0 Å². The van der Waals surface area contributed by atoms with Gasteiger partial charge in [0.1, 0.15) is 5.82 Å². The Balaban J connectivity index is 1.92. The molecule has 0 radical (unpaired) electrons. The standard InChI is InChI=1S/C17H26N4O3/c1-2-24-17(23)13-5-4-10-21(12-13)15-8-7-14(11-19-15)20-16(22)6-3-9-18/h7-8,11,13H,2-6,9-10,12,18H2,1H3,(H,20,22). The quantitative estimate of drug-likeness (QED) is 0.734. The highest BCUT2D eigenvalue weighted by atomic mass is 16.5. The minimum Gasteiger partial charge on any atom is -0.466 e. The van der Waals surface area contributed by atoms with Crippen LogP contribution in [0.15, 0.2) is 18.3 Å². The molecule has 7 heteroatoms. The number of hydrogen-bond acceptors (Lipinski definition) is 6. The van der Waals surface area contributed by atoms with Gasteiger partial charge in [-0.15, -0.1) is 0 Å². The summed E-state index contributed by atoms with van der Waals surface area (Å²) in [4.78, 5) is 30.1. The van der Waals surface area contributed by atoms with E-state index in [1.807, 2.05) is 19.1 Å². The zero-order chi connectivity index (χ0) is 17.4. The fraction of sp³-hybridized carbons (Fsp3) is 0.588. The van der Waals surface area contributed by atoms with Crippen LogP contribution in [0.4, 0.5) is 11.5 Å². The van der Waals surface area contributed by atoms with E-state index in [0.29, 0.717) is 38.2 Å². The molecule has 1 atom stereocenters. The Bertz CT molecular complexity index is 547. The van der Waals surface area contributed by atoms with E-state index in [1.54, 1.807) is 6.20 Å². The van der Waals surface area contributed by atoms with Crippen molar-refractivity contribution in [3.8, 4) is 0 Å². The maximum Gasteiger partial charge on any atom is 0.310 e. The number of nitrogens with one attached hydrogen (secondary N) is 1. The maximum atomic E-state index is 11.9. The highest BCUT2D eigenvalue weighted by Crippen LogP contribution is 2.23. The molecule has 0 bridgehead atoms. The molecule has 7 nitrogen and oxygen atoms in total. The molecule has 132 valence electrons. The van der Waals surface area contributed by atoms with Gasteiger partial charge in [-0.25, -0.2) is 4.98 Å². The van der Waals surface area contributed by atoms with Gasteiger partial charge in [-0.05, 0) is 44.9 Å². The van der Waals surface area contributed by atoms with Gasteiger partial charge in [0.2, 0.25) is 5.91 Å². The third-order valence-corrected chi connectivity index (χ3v) is 4.00. The molecule has 2 heterocycles. The van der Waals surface area contributed by atoms with E-state index in [9.17, 15) is 9.59 Å². The molecule has 0 spiro atoms. The number of pyridine rings is 1. The lowest BCUT2D eigenvalue weighted by Gasteiger charge is -2.32. The van der Waals surface area contributed by atoms with Crippen LogP contribution in [-0.4, -0.2) is 43.1 Å². The predicted molar refractivity (Wildman–Crippen MR) is 92.7 cm³/mol. The Morgan fingerprint density at radius 1 is 1.46 bits per heavy atom. The van der Waals surface area contributed by atoms with E-state index in [0.717, 1.165) is 25.2 Å². The molecule has 0 aromatic carbocycles. The largest absolute Gasteiger partial charge is 0.466 e. The molecule has 0 saturated carbocycles. The van der Waals surface area contributed by atoms with Gasteiger partial charge >= 0.3 is 5.97 Å². The third kappa shape index (κ3) is 5.19. The number of anilines is 2. The van der Waals surface area contributed by atoms with Gasteiger partial charge in [-0.3, -0.25) is 9.59 Å². The van der Waals surface area contributed by atoms with Crippen molar-refractivity contribution in [3.63, 3.8) is 0 Å². The Morgan fingerprint density at radius 3 is 2.96 bits per heavy atom. The zero-order valence-electron chi connectivity index (χ0n) is 14.2. The Hall–Kier alpha value is -2.15. The number of ether oxygens (including phenoxy) is 1. The number of hydrogen-bond donors (Lipinski definition) is 2. The van der Waals surface area contributed by atoms with Crippen molar-refractivity contribution in [1.82, 2.24) is 4.98 Å². The summed E-state index contributed by atoms with van der Waals surface area (Å²) < 4.78 is 5.12. The number of nitrogens with zero attached hydrogens (tertiary/aromatic N) is 2. The van der Waals surface area contributed by atoms with Gasteiger partial charge in [-0.1, -0.05) is 0 Å². The lowest BCUT2D eigenvalue weighted by molar-refractivity contribution is -0.148. The summed E-state index contributed by atoms with van der Waals surface area (Å²) in [6.07, 6.45) is 4.50. The van der Waals surface area contributed by atoms with Crippen molar-refractivity contribution in [2.75, 3.05) is 36.5 Å². The summed E-state index contributed by atoms with van der Waals surface area (Å²) in [6.45, 7) is 4.22. The third-order valence-electron chi connectivity index (χ3n) is 4.00. The van der Waals surface area contributed by atoms with E-state index < -0.39 is 0 Å². The molecule has 24 heavy (non-hydrogen) atoms. The number of carbonyl (C=O) groups excluding carboxylic acids is 2. The van der Waals surface area contributed by atoms with Gasteiger partial charge < -0.3 is 20.7 Å². The van der Waals surface area contributed by atoms with Crippen molar-refractivity contribution in [2.45, 2.75) is 32.6 Å². The number of amides is 1. The van der Waals surface area contributed by atoms with Crippen molar-refractivity contribution in [3.05, 3.63) is 18.3 Å². The van der Waals surface area contributed by atoms with Crippen LogP contribution in [0, 0.1) is 5.92 Å². The second-order valence-electron chi connectivity index (χ2n) is 5.88. The van der Waals surface area contributed by atoms with Crippen molar-refractivity contribution in [1.29, 1.82) is 0 Å². The Labute approximate surface area is 142 Å². The van der Waals surface area contributed by atoms with Crippen LogP contribution in [0.1, 0.15) is 32.6 Å². The van der Waals surface area contributed by atoms with Crippen molar-refractivity contribution < 1.29 is 14.3 Å². The molecule has 1 saturated heterocycles. The highest BCUT2D eigenvalue weighted by molar-refractivity contribution is 5.90. The van der Waals surface area contributed by atoms with Gasteiger partial charge in [-0.2, -0.15) is 0 Å². The first-order valence-electron chi connectivity index (χ1n) is 8.51.